The van der Waals surface area contributed by atoms with E-state index in [1.165, 1.54) is 64.4 Å². The molecule has 6 N–H and O–H groups in total. The molecule has 0 bridgehead atoms. The molecular weight excluding hydrogens is 865 g/mol. The largest absolute Gasteiger partial charge is 0.381 e. The van der Waals surface area contributed by atoms with Crippen LogP contribution >= 0.6 is 12.2 Å². The van der Waals surface area contributed by atoms with Gasteiger partial charge in [0.05, 0.1) is 44.8 Å². The van der Waals surface area contributed by atoms with Crippen molar-refractivity contribution in [2.45, 2.75) is 89.6 Å². The van der Waals surface area contributed by atoms with Crippen molar-refractivity contribution in [3.05, 3.63) is 96.1 Å². The Bertz CT molecular complexity index is 3080. The van der Waals surface area contributed by atoms with Gasteiger partial charge in [0.1, 0.15) is 4.99 Å². The summed E-state index contributed by atoms with van der Waals surface area (Å²) >= 11 is 5.94. The molecule has 348 valence electrons. The first-order chi connectivity index (χ1) is 33.3. The lowest BCUT2D eigenvalue weighted by Crippen LogP contribution is -2.45. The number of nitrogens with zero attached hydrogens (tertiary/aromatic N) is 8. The number of nitrogens with two attached hydrogens (primary N) is 2. The summed E-state index contributed by atoms with van der Waals surface area (Å²) in [6.07, 6.45) is 9.40. The van der Waals surface area contributed by atoms with Crippen molar-refractivity contribution >= 4 is 78.4 Å². The number of rotatable bonds is 8. The first-order valence-electron chi connectivity index (χ1n) is 25.1. The number of hydrogen-bond acceptors (Lipinski definition) is 8. The van der Waals surface area contributed by atoms with E-state index in [2.05, 4.69) is 107 Å². The van der Waals surface area contributed by atoms with Gasteiger partial charge in [0.15, 0.2) is 11.6 Å². The molecule has 68 heavy (non-hydrogen) atoms. The van der Waals surface area contributed by atoms with Crippen LogP contribution in [0.2, 0.25) is 0 Å². The number of para-hydroxylation sites is 2. The summed E-state index contributed by atoms with van der Waals surface area (Å²) in [6.45, 7) is 8.80. The monoisotopic (exact) mass is 924 g/mol. The molecule has 8 aromatic rings. The molecule has 2 saturated heterocycles. The van der Waals surface area contributed by atoms with Crippen LogP contribution in [0, 0.1) is 11.8 Å². The lowest BCUT2D eigenvalue weighted by Gasteiger charge is -2.33. The van der Waals surface area contributed by atoms with Gasteiger partial charge in [0.25, 0.3) is 5.91 Å². The van der Waals surface area contributed by atoms with Crippen LogP contribution in [0.4, 0.5) is 11.4 Å². The van der Waals surface area contributed by atoms with Gasteiger partial charge in [0.2, 0.25) is 0 Å². The number of nitrogens with one attached hydrogen (secondary N) is 2. The molecule has 1 amide bonds. The van der Waals surface area contributed by atoms with Crippen molar-refractivity contribution in [1.82, 2.24) is 38.0 Å². The molecule has 6 aliphatic rings. The topological polar surface area (TPSA) is 145 Å². The number of thiocarbonyl (C=S) groups is 1. The zero-order chi connectivity index (χ0) is 45.6. The second kappa shape index (κ2) is 16.8. The smallest absolute Gasteiger partial charge is 0.254 e. The van der Waals surface area contributed by atoms with Crippen molar-refractivity contribution in [2.75, 3.05) is 49.9 Å². The van der Waals surface area contributed by atoms with Gasteiger partial charge in [-0.1, -0.05) is 48.6 Å². The van der Waals surface area contributed by atoms with Gasteiger partial charge in [-0.25, -0.2) is 9.97 Å². The summed E-state index contributed by atoms with van der Waals surface area (Å²) in [4.78, 5) is 28.8. The molecular formula is C54H60N12OS. The maximum absolute atomic E-state index is 13.3. The molecule has 0 radical (unpaired) electrons. The average molecular weight is 925 g/mol. The van der Waals surface area contributed by atoms with Crippen molar-refractivity contribution in [3.63, 3.8) is 0 Å². The number of hydrogen-bond donors (Lipinski definition) is 4. The summed E-state index contributed by atoms with van der Waals surface area (Å²) in [7, 11) is 0. The Labute approximate surface area is 401 Å². The molecule has 14 heteroatoms. The Hall–Kier alpha value is -6.22. The summed E-state index contributed by atoms with van der Waals surface area (Å²) in [6, 6.07) is 30.6. The van der Waals surface area contributed by atoms with E-state index < -0.39 is 0 Å². The zero-order valence-electron chi connectivity index (χ0n) is 38.7. The molecule has 0 spiro atoms. The quantitative estimate of drug-likeness (QED) is 0.110. The van der Waals surface area contributed by atoms with Gasteiger partial charge in [-0.05, 0) is 112 Å². The number of anilines is 2. The lowest BCUT2D eigenvalue weighted by molar-refractivity contribution is 0.0709. The molecule has 8 heterocycles. The van der Waals surface area contributed by atoms with Crippen LogP contribution in [0.3, 0.4) is 0 Å². The van der Waals surface area contributed by atoms with E-state index in [9.17, 15) is 4.79 Å². The predicted octanol–water partition coefficient (Wildman–Crippen LogP) is 8.65. The van der Waals surface area contributed by atoms with Crippen molar-refractivity contribution in [3.8, 4) is 23.0 Å². The Kier molecular flexibility index (Phi) is 10.3. The Morgan fingerprint density at radius 1 is 0.603 bits per heavy atom. The Balaban J connectivity index is 0.000000134. The van der Waals surface area contributed by atoms with Crippen LogP contribution in [0.15, 0.2) is 84.9 Å². The molecule has 2 atom stereocenters. The minimum absolute atomic E-state index is 0.0552. The fourth-order valence-electron chi connectivity index (χ4n) is 11.5. The average Bonchev–Trinajstić information content (AvgIpc) is 4.23. The molecule has 4 aromatic carbocycles. The Morgan fingerprint density at radius 3 is 1.62 bits per heavy atom. The van der Waals surface area contributed by atoms with Gasteiger partial charge in [-0.3, -0.25) is 4.79 Å². The summed E-state index contributed by atoms with van der Waals surface area (Å²) in [5, 5.41) is 9.67. The van der Waals surface area contributed by atoms with Crippen LogP contribution < -0.4 is 22.1 Å². The summed E-state index contributed by atoms with van der Waals surface area (Å²) < 4.78 is 9.70. The van der Waals surface area contributed by atoms with E-state index in [0.29, 0.717) is 12.1 Å². The highest BCUT2D eigenvalue weighted by atomic mass is 32.1. The first kappa shape index (κ1) is 41.9. The molecule has 14 rings (SSSR count). The number of amides is 1. The maximum atomic E-state index is 13.3. The van der Waals surface area contributed by atoms with Crippen LogP contribution in [-0.4, -0.2) is 100 Å². The molecule has 0 unspecified atom stereocenters. The Morgan fingerprint density at radius 2 is 1.09 bits per heavy atom. The predicted molar refractivity (Wildman–Crippen MR) is 277 cm³/mol. The highest BCUT2D eigenvalue weighted by molar-refractivity contribution is 7.80. The number of imidazole rings is 2. The van der Waals surface area contributed by atoms with Crippen LogP contribution in [-0.2, 0) is 26.2 Å². The third kappa shape index (κ3) is 7.52. The third-order valence-electron chi connectivity index (χ3n) is 15.3. The minimum Gasteiger partial charge on any atom is -0.381 e. The number of likely N-dealkylation sites (tertiary alicyclic amines) is 2. The standard InChI is InChI=1S/C27H30N6O.C27H30N6S/c2*28-20-5-3-10-31(16-20)27(34)19-12-21-25-22(13-19)30-26(32(25)11-9-29-21)24-14-18-4-1-2-6-23(18)33(24)15-17-7-8-17/h2*1-2,4,6,12-14,17,20,29H,3,5,7-11,15-16,28H2/t2*20-/m11/s1. The number of fused-ring (bicyclic) bond motifs is 2. The van der Waals surface area contributed by atoms with Gasteiger partial charge in [-0.2, -0.15) is 0 Å². The van der Waals surface area contributed by atoms with Gasteiger partial charge < -0.3 is 50.2 Å². The molecule has 4 aromatic heterocycles. The maximum Gasteiger partial charge on any atom is 0.254 e. The first-order valence-corrected chi connectivity index (χ1v) is 25.6. The zero-order valence-corrected chi connectivity index (χ0v) is 39.5. The molecule has 4 fully saturated rings. The SMILES string of the molecule is N[C@@H]1CCCN(C(=O)c2cc3c4c(c2)nc(-c2cc5ccccc5n2CC2CC2)n4CCN3)C1.N[C@@H]1CCCN(C(=S)c2cc3c4c(c2)nc(-c2cc5ccccc5n2CC2CC2)n4CCN3)C1. The second-order valence-corrected chi connectivity index (χ2v) is 20.8. The molecule has 2 saturated carbocycles. The third-order valence-corrected chi connectivity index (χ3v) is 15.8. The van der Waals surface area contributed by atoms with Crippen LogP contribution in [0.25, 0.3) is 66.9 Å². The van der Waals surface area contributed by atoms with Gasteiger partial charge >= 0.3 is 0 Å². The van der Waals surface area contributed by atoms with E-state index in [1.807, 2.05) is 17.0 Å². The molecule has 4 aliphatic heterocycles. The van der Waals surface area contributed by atoms with E-state index in [4.69, 9.17) is 33.7 Å². The normalized spacial score (nSPS) is 20.1. The number of aromatic nitrogens is 6. The lowest BCUT2D eigenvalue weighted by atomic mass is 10.0. The van der Waals surface area contributed by atoms with Gasteiger partial charge in [0, 0.05) is 110 Å². The van der Waals surface area contributed by atoms with E-state index in [0.717, 1.165) is 147 Å². The van der Waals surface area contributed by atoms with E-state index in [-0.39, 0.29) is 18.0 Å². The van der Waals surface area contributed by atoms with E-state index >= 15 is 0 Å². The fourth-order valence-corrected chi connectivity index (χ4v) is 11.8. The highest BCUT2D eigenvalue weighted by Crippen LogP contribution is 2.41. The highest BCUT2D eigenvalue weighted by Gasteiger charge is 2.31. The van der Waals surface area contributed by atoms with Crippen molar-refractivity contribution < 1.29 is 4.79 Å². The number of carbonyl (C=O) groups is 1. The second-order valence-electron chi connectivity index (χ2n) is 20.4. The number of piperidine rings is 2. The number of carbonyl (C=O) groups excluding carboxylic acids is 1. The van der Waals surface area contributed by atoms with Gasteiger partial charge in [-0.15, -0.1) is 0 Å². The van der Waals surface area contributed by atoms with Crippen molar-refractivity contribution in [2.24, 2.45) is 23.3 Å². The number of benzene rings is 4. The van der Waals surface area contributed by atoms with E-state index in [1.54, 1.807) is 0 Å². The van der Waals surface area contributed by atoms with Crippen LogP contribution in [0.1, 0.15) is 67.3 Å². The minimum atomic E-state index is 0.0552. The summed E-state index contributed by atoms with van der Waals surface area (Å²) in [5.41, 5.74) is 25.4. The fraction of sp³-hybridized carbons (Fsp3) is 0.407. The summed E-state index contributed by atoms with van der Waals surface area (Å²) in [5.74, 6) is 3.67. The molecule has 2 aliphatic carbocycles. The van der Waals surface area contributed by atoms with Crippen molar-refractivity contribution in [1.29, 1.82) is 0 Å². The molecule has 13 nitrogen and oxygen atoms in total. The van der Waals surface area contributed by atoms with Crippen LogP contribution in [0.5, 0.6) is 0 Å².